The molecular formula is C22H21N5O3. The summed E-state index contributed by atoms with van der Waals surface area (Å²) in [5.74, 6) is 0.0381. The second kappa shape index (κ2) is 7.82. The lowest BCUT2D eigenvalue weighted by Crippen LogP contribution is -2.30. The SMILES string of the molecule is Cc1ccc(-n2nc(C)cc2NC(=O)c2ccc(CN3C(=O)CNC3=O)cc2)cc1. The van der Waals surface area contributed by atoms with Gasteiger partial charge < -0.3 is 10.6 Å². The number of carbonyl (C=O) groups is 3. The van der Waals surface area contributed by atoms with Crippen LogP contribution in [0.15, 0.2) is 54.6 Å². The van der Waals surface area contributed by atoms with E-state index in [1.807, 2.05) is 44.2 Å². The number of anilines is 1. The van der Waals surface area contributed by atoms with Crippen LogP contribution in [0.5, 0.6) is 0 Å². The van der Waals surface area contributed by atoms with E-state index in [-0.39, 0.29) is 24.9 Å². The maximum absolute atomic E-state index is 12.7. The fourth-order valence-corrected chi connectivity index (χ4v) is 3.22. The summed E-state index contributed by atoms with van der Waals surface area (Å²) in [6.07, 6.45) is 0. The number of amides is 4. The Morgan fingerprint density at radius 3 is 2.40 bits per heavy atom. The summed E-state index contributed by atoms with van der Waals surface area (Å²) in [5, 5.41) is 9.86. The van der Waals surface area contributed by atoms with Gasteiger partial charge in [0.15, 0.2) is 0 Å². The lowest BCUT2D eigenvalue weighted by molar-refractivity contribution is -0.125. The molecule has 1 aliphatic rings. The van der Waals surface area contributed by atoms with Gasteiger partial charge in [-0.25, -0.2) is 9.48 Å². The molecule has 8 heteroatoms. The van der Waals surface area contributed by atoms with E-state index in [0.717, 1.165) is 27.4 Å². The first-order valence-electron chi connectivity index (χ1n) is 9.53. The zero-order valence-corrected chi connectivity index (χ0v) is 16.7. The Balaban J connectivity index is 1.49. The van der Waals surface area contributed by atoms with Crippen molar-refractivity contribution in [1.82, 2.24) is 20.0 Å². The Labute approximate surface area is 173 Å². The van der Waals surface area contributed by atoms with Crippen molar-refractivity contribution < 1.29 is 14.4 Å². The van der Waals surface area contributed by atoms with Crippen LogP contribution >= 0.6 is 0 Å². The number of aryl methyl sites for hydroxylation is 2. The molecule has 4 amide bonds. The summed E-state index contributed by atoms with van der Waals surface area (Å²) in [7, 11) is 0. The topological polar surface area (TPSA) is 96.3 Å². The minimum atomic E-state index is -0.401. The molecule has 3 aromatic rings. The van der Waals surface area contributed by atoms with Crippen molar-refractivity contribution in [3.05, 3.63) is 77.0 Å². The summed E-state index contributed by atoms with van der Waals surface area (Å²) in [6, 6.07) is 16.1. The highest BCUT2D eigenvalue weighted by molar-refractivity contribution is 6.04. The van der Waals surface area contributed by atoms with Crippen LogP contribution in [-0.4, -0.2) is 39.1 Å². The Bertz CT molecular complexity index is 1100. The van der Waals surface area contributed by atoms with Crippen molar-refractivity contribution in [1.29, 1.82) is 0 Å². The molecular weight excluding hydrogens is 382 g/mol. The van der Waals surface area contributed by atoms with Gasteiger partial charge in [0.2, 0.25) is 5.91 Å². The molecule has 30 heavy (non-hydrogen) atoms. The number of nitrogens with zero attached hydrogens (tertiary/aromatic N) is 3. The van der Waals surface area contributed by atoms with E-state index < -0.39 is 6.03 Å². The fourth-order valence-electron chi connectivity index (χ4n) is 3.22. The number of benzene rings is 2. The van der Waals surface area contributed by atoms with Gasteiger partial charge in [-0.1, -0.05) is 29.8 Å². The van der Waals surface area contributed by atoms with Crippen LogP contribution in [0.4, 0.5) is 10.6 Å². The lowest BCUT2D eigenvalue weighted by atomic mass is 10.1. The van der Waals surface area contributed by atoms with Crippen molar-refractivity contribution in [2.45, 2.75) is 20.4 Å². The van der Waals surface area contributed by atoms with E-state index in [0.29, 0.717) is 11.4 Å². The zero-order chi connectivity index (χ0) is 21.3. The predicted molar refractivity (Wildman–Crippen MR) is 111 cm³/mol. The van der Waals surface area contributed by atoms with Crippen LogP contribution in [0.25, 0.3) is 5.69 Å². The molecule has 4 rings (SSSR count). The highest BCUT2D eigenvalue weighted by Crippen LogP contribution is 2.19. The third kappa shape index (κ3) is 3.93. The second-order valence-electron chi connectivity index (χ2n) is 7.21. The van der Waals surface area contributed by atoms with Crippen molar-refractivity contribution in [2.24, 2.45) is 0 Å². The van der Waals surface area contributed by atoms with Gasteiger partial charge in [-0.2, -0.15) is 5.10 Å². The van der Waals surface area contributed by atoms with Gasteiger partial charge in [-0.3, -0.25) is 14.5 Å². The van der Waals surface area contributed by atoms with Gasteiger partial charge in [0.1, 0.15) is 5.82 Å². The molecule has 152 valence electrons. The van der Waals surface area contributed by atoms with Gasteiger partial charge >= 0.3 is 6.03 Å². The van der Waals surface area contributed by atoms with Crippen LogP contribution in [0, 0.1) is 13.8 Å². The Hall–Kier alpha value is -3.94. The number of hydrogen-bond acceptors (Lipinski definition) is 4. The van der Waals surface area contributed by atoms with Gasteiger partial charge in [-0.15, -0.1) is 0 Å². The Kier molecular flexibility index (Phi) is 5.05. The number of imide groups is 1. The molecule has 0 atom stereocenters. The molecule has 2 heterocycles. The minimum absolute atomic E-state index is 0.0212. The maximum atomic E-state index is 12.7. The average molecular weight is 403 g/mol. The molecule has 0 unspecified atom stereocenters. The fraction of sp³-hybridized carbons (Fsp3) is 0.182. The normalized spacial score (nSPS) is 13.5. The van der Waals surface area contributed by atoms with Crippen LogP contribution in [0.3, 0.4) is 0 Å². The Morgan fingerprint density at radius 2 is 1.77 bits per heavy atom. The number of urea groups is 1. The molecule has 0 saturated carbocycles. The van der Waals surface area contributed by atoms with E-state index >= 15 is 0 Å². The van der Waals surface area contributed by atoms with Crippen LogP contribution < -0.4 is 10.6 Å². The smallest absolute Gasteiger partial charge is 0.324 e. The molecule has 2 N–H and O–H groups in total. The molecule has 0 spiro atoms. The number of aromatic nitrogens is 2. The summed E-state index contributed by atoms with van der Waals surface area (Å²) in [6.45, 7) is 4.07. The maximum Gasteiger partial charge on any atom is 0.324 e. The molecule has 1 aromatic heterocycles. The highest BCUT2D eigenvalue weighted by Gasteiger charge is 2.28. The molecule has 0 aliphatic carbocycles. The van der Waals surface area contributed by atoms with Crippen LogP contribution in [-0.2, 0) is 11.3 Å². The first-order valence-corrected chi connectivity index (χ1v) is 9.53. The van der Waals surface area contributed by atoms with Crippen molar-refractivity contribution in [2.75, 3.05) is 11.9 Å². The first kappa shape index (κ1) is 19.4. The number of rotatable bonds is 5. The average Bonchev–Trinajstić information content (AvgIpc) is 3.25. The molecule has 1 saturated heterocycles. The molecule has 1 aliphatic heterocycles. The molecule has 2 aromatic carbocycles. The van der Waals surface area contributed by atoms with E-state index in [9.17, 15) is 14.4 Å². The van der Waals surface area contributed by atoms with E-state index in [1.54, 1.807) is 28.9 Å². The summed E-state index contributed by atoms with van der Waals surface area (Å²) in [4.78, 5) is 37.3. The number of carbonyl (C=O) groups excluding carboxylic acids is 3. The third-order valence-corrected chi connectivity index (χ3v) is 4.85. The molecule has 8 nitrogen and oxygen atoms in total. The van der Waals surface area contributed by atoms with Gasteiger partial charge in [0.05, 0.1) is 24.5 Å². The zero-order valence-electron chi connectivity index (χ0n) is 16.7. The number of hydrogen-bond donors (Lipinski definition) is 2. The van der Waals surface area contributed by atoms with Crippen molar-refractivity contribution >= 4 is 23.7 Å². The van der Waals surface area contributed by atoms with E-state index in [1.165, 1.54) is 0 Å². The molecule has 0 radical (unpaired) electrons. The first-order chi connectivity index (χ1) is 14.4. The predicted octanol–water partition coefficient (Wildman–Crippen LogP) is 2.79. The standard InChI is InChI=1S/C22H21N5O3/c1-14-3-9-18(10-4-14)27-19(11-15(2)25-27)24-21(29)17-7-5-16(6-8-17)13-26-20(28)12-23-22(26)30/h3-11H,12-13H2,1-2H3,(H,23,30)(H,24,29). The Morgan fingerprint density at radius 1 is 1.07 bits per heavy atom. The number of nitrogens with one attached hydrogen (secondary N) is 2. The molecule has 1 fully saturated rings. The van der Waals surface area contributed by atoms with E-state index in [2.05, 4.69) is 15.7 Å². The summed E-state index contributed by atoms with van der Waals surface area (Å²) >= 11 is 0. The van der Waals surface area contributed by atoms with Crippen LogP contribution in [0.2, 0.25) is 0 Å². The quantitative estimate of drug-likeness (QED) is 0.640. The van der Waals surface area contributed by atoms with E-state index in [4.69, 9.17) is 0 Å². The van der Waals surface area contributed by atoms with Gasteiger partial charge in [0, 0.05) is 11.6 Å². The molecule has 0 bridgehead atoms. The van der Waals surface area contributed by atoms with Gasteiger partial charge in [0.25, 0.3) is 5.91 Å². The van der Waals surface area contributed by atoms with Crippen LogP contribution in [0.1, 0.15) is 27.2 Å². The second-order valence-corrected chi connectivity index (χ2v) is 7.21. The van der Waals surface area contributed by atoms with Crippen molar-refractivity contribution in [3.63, 3.8) is 0 Å². The van der Waals surface area contributed by atoms with Gasteiger partial charge in [-0.05, 0) is 43.7 Å². The lowest BCUT2D eigenvalue weighted by Gasteiger charge is -2.13. The summed E-state index contributed by atoms with van der Waals surface area (Å²) in [5.41, 5.74) is 4.01. The summed E-state index contributed by atoms with van der Waals surface area (Å²) < 4.78 is 1.69. The minimum Gasteiger partial charge on any atom is -0.329 e. The highest BCUT2D eigenvalue weighted by atomic mass is 16.2. The third-order valence-electron chi connectivity index (χ3n) is 4.85. The van der Waals surface area contributed by atoms with Crippen molar-refractivity contribution in [3.8, 4) is 5.69 Å². The largest absolute Gasteiger partial charge is 0.329 e. The monoisotopic (exact) mass is 403 g/mol.